The van der Waals surface area contributed by atoms with Gasteiger partial charge in [0, 0.05) is 28.2 Å². The third kappa shape index (κ3) is 3.39. The highest BCUT2D eigenvalue weighted by atomic mass is 16.3. The van der Waals surface area contributed by atoms with Gasteiger partial charge >= 0.3 is 0 Å². The molecule has 6 heteroatoms. The number of aryl methyl sites for hydroxylation is 2. The molecule has 192 valence electrons. The molecule has 0 radical (unpaired) electrons. The number of amides is 2. The quantitative estimate of drug-likeness (QED) is 0.363. The summed E-state index contributed by atoms with van der Waals surface area (Å²) in [6, 6.07) is 12.9. The third-order valence-corrected chi connectivity index (χ3v) is 8.75. The Morgan fingerprint density at radius 2 is 1.68 bits per heavy atom. The Bertz CT molecular complexity index is 1520. The molecule has 6 nitrogen and oxygen atoms in total. The Kier molecular flexibility index (Phi) is 5.60. The van der Waals surface area contributed by atoms with Gasteiger partial charge in [-0.15, -0.1) is 0 Å². The van der Waals surface area contributed by atoms with Gasteiger partial charge in [0.25, 0.3) is 0 Å². The number of hydrogen-bond acceptors (Lipinski definition) is 5. The van der Waals surface area contributed by atoms with Crippen molar-refractivity contribution in [2.24, 2.45) is 17.8 Å². The topological polar surface area (TPSA) is 91.8 Å². The minimum absolute atomic E-state index is 0.0759. The number of phenolic OH excluding ortho intramolecular Hbond substituents is 1. The highest BCUT2D eigenvalue weighted by Gasteiger charge is 2.56. The van der Waals surface area contributed by atoms with Gasteiger partial charge in [-0.05, 0) is 68.4 Å². The zero-order chi connectivity index (χ0) is 26.9. The van der Waals surface area contributed by atoms with Crippen molar-refractivity contribution >= 4 is 29.1 Å². The summed E-state index contributed by atoms with van der Waals surface area (Å²) in [5, 5.41) is 11.1. The fraction of sp³-hybridized carbons (Fsp3) is 0.312. The number of anilines is 1. The van der Waals surface area contributed by atoms with Gasteiger partial charge in [-0.25, -0.2) is 0 Å². The number of nitrogens with zero attached hydrogens (tertiary/aromatic N) is 1. The number of Topliss-reactive ketones (excluding diaryl/α,β-unsaturated/α-hetero) is 1. The molecule has 1 heterocycles. The second kappa shape index (κ2) is 8.76. The Morgan fingerprint density at radius 3 is 2.39 bits per heavy atom. The lowest BCUT2D eigenvalue weighted by atomic mass is 9.59. The number of carbonyl (C=O) groups excluding carboxylic acids is 4. The molecule has 4 aliphatic rings. The normalized spacial score (nSPS) is 26.7. The fourth-order valence-electron chi connectivity index (χ4n) is 6.77. The van der Waals surface area contributed by atoms with E-state index in [0.717, 1.165) is 17.6 Å². The monoisotopic (exact) mass is 507 g/mol. The summed E-state index contributed by atoms with van der Waals surface area (Å²) < 4.78 is 0. The van der Waals surface area contributed by atoms with Crippen LogP contribution >= 0.6 is 0 Å². The lowest BCUT2D eigenvalue weighted by molar-refractivity contribution is -0.123. The number of imide groups is 1. The van der Waals surface area contributed by atoms with Crippen LogP contribution in [0, 0.1) is 24.7 Å². The average molecular weight is 508 g/mol. The smallest absolute Gasteiger partial charge is 0.238 e. The number of aromatic hydroxyl groups is 1. The van der Waals surface area contributed by atoms with Crippen molar-refractivity contribution in [2.45, 2.75) is 46.0 Å². The molecule has 6 rings (SSSR count). The molecule has 1 saturated heterocycles. The van der Waals surface area contributed by atoms with Crippen LogP contribution in [-0.2, 0) is 25.6 Å². The molecule has 4 atom stereocenters. The van der Waals surface area contributed by atoms with E-state index in [1.807, 2.05) is 43.3 Å². The van der Waals surface area contributed by atoms with Gasteiger partial charge in [0.15, 0.2) is 11.6 Å². The predicted molar refractivity (Wildman–Crippen MR) is 142 cm³/mol. The minimum atomic E-state index is -0.648. The van der Waals surface area contributed by atoms with Gasteiger partial charge in [0.2, 0.25) is 11.8 Å². The van der Waals surface area contributed by atoms with Crippen molar-refractivity contribution in [3.63, 3.8) is 0 Å². The molecular weight excluding hydrogens is 478 g/mol. The van der Waals surface area contributed by atoms with E-state index in [-0.39, 0.29) is 35.6 Å². The Hall–Kier alpha value is -4.06. The standard InChI is InChI=1S/C32H29NO5/c1-4-18-8-10-19(11-9-18)33-31(37)22-13-12-20-23(27(22)32(33)38)15-24-25(34)14-17(3)30(36)28(24)26(20)21-7-5-6-16(2)29(21)35/h5-12,14,22-23,26-27,35H,4,13,15H2,1-3H3. The number of phenols is 1. The van der Waals surface area contributed by atoms with Crippen LogP contribution in [0.15, 0.2) is 76.9 Å². The van der Waals surface area contributed by atoms with Gasteiger partial charge in [-0.2, -0.15) is 0 Å². The van der Waals surface area contributed by atoms with Crippen molar-refractivity contribution in [3.8, 4) is 5.75 Å². The molecule has 1 fully saturated rings. The Balaban J connectivity index is 1.48. The molecule has 38 heavy (non-hydrogen) atoms. The summed E-state index contributed by atoms with van der Waals surface area (Å²) in [6.07, 6.45) is 4.79. The summed E-state index contributed by atoms with van der Waals surface area (Å²) in [5.74, 6) is -3.09. The molecule has 0 aromatic heterocycles. The number of para-hydroxylation sites is 1. The van der Waals surface area contributed by atoms with Crippen LogP contribution in [0.3, 0.4) is 0 Å². The van der Waals surface area contributed by atoms with E-state index in [1.165, 1.54) is 11.0 Å². The number of hydrogen-bond donors (Lipinski definition) is 1. The van der Waals surface area contributed by atoms with Gasteiger partial charge in [-0.3, -0.25) is 24.1 Å². The molecule has 1 aliphatic heterocycles. The lowest BCUT2D eigenvalue weighted by Gasteiger charge is -2.42. The number of rotatable bonds is 3. The zero-order valence-electron chi connectivity index (χ0n) is 21.7. The number of benzene rings is 2. The number of carbonyl (C=O) groups is 4. The molecule has 2 amide bonds. The van der Waals surface area contributed by atoms with E-state index in [2.05, 4.69) is 0 Å². The van der Waals surface area contributed by atoms with Crippen molar-refractivity contribution in [2.75, 3.05) is 4.90 Å². The SMILES string of the molecule is CCc1ccc(N2C(=O)C3CC=C4C(c5cccc(C)c5O)C5=C(CC4C3C2=O)C(=O)C=C(C)C5=O)cc1. The second-order valence-electron chi connectivity index (χ2n) is 10.8. The summed E-state index contributed by atoms with van der Waals surface area (Å²) in [5.41, 5.74) is 4.87. The lowest BCUT2D eigenvalue weighted by Crippen LogP contribution is -2.39. The summed E-state index contributed by atoms with van der Waals surface area (Å²) >= 11 is 0. The van der Waals surface area contributed by atoms with Crippen LogP contribution in [0.2, 0.25) is 0 Å². The first kappa shape index (κ1) is 24.3. The fourth-order valence-corrected chi connectivity index (χ4v) is 6.77. The molecule has 4 unspecified atom stereocenters. The first-order valence-electron chi connectivity index (χ1n) is 13.2. The molecule has 3 aliphatic carbocycles. The Morgan fingerprint density at radius 1 is 0.947 bits per heavy atom. The van der Waals surface area contributed by atoms with Gasteiger partial charge in [0.1, 0.15) is 5.75 Å². The molecule has 2 aromatic rings. The average Bonchev–Trinajstić information content (AvgIpc) is 3.17. The zero-order valence-corrected chi connectivity index (χ0v) is 21.7. The first-order valence-corrected chi connectivity index (χ1v) is 13.2. The van der Waals surface area contributed by atoms with E-state index in [4.69, 9.17) is 0 Å². The molecule has 1 N–H and O–H groups in total. The first-order chi connectivity index (χ1) is 18.2. The van der Waals surface area contributed by atoms with Gasteiger partial charge in [-0.1, -0.05) is 48.9 Å². The third-order valence-electron chi connectivity index (χ3n) is 8.75. The van der Waals surface area contributed by atoms with Crippen LogP contribution in [0.1, 0.15) is 49.3 Å². The van der Waals surface area contributed by atoms with Crippen molar-refractivity contribution < 1.29 is 24.3 Å². The molecule has 2 aromatic carbocycles. The molecule has 0 spiro atoms. The largest absolute Gasteiger partial charge is 0.507 e. The molecule has 0 bridgehead atoms. The van der Waals surface area contributed by atoms with Crippen molar-refractivity contribution in [3.05, 3.63) is 93.6 Å². The summed E-state index contributed by atoms with van der Waals surface area (Å²) in [4.78, 5) is 55.5. The van der Waals surface area contributed by atoms with Crippen LogP contribution in [0.4, 0.5) is 5.69 Å². The highest BCUT2D eigenvalue weighted by molar-refractivity contribution is 6.25. The maximum absolute atomic E-state index is 13.9. The van der Waals surface area contributed by atoms with Gasteiger partial charge in [0.05, 0.1) is 17.5 Å². The van der Waals surface area contributed by atoms with Crippen LogP contribution in [0.25, 0.3) is 0 Å². The van der Waals surface area contributed by atoms with Crippen LogP contribution in [-0.4, -0.2) is 28.5 Å². The number of ketones is 2. The molecule has 0 saturated carbocycles. The van der Waals surface area contributed by atoms with Crippen molar-refractivity contribution in [1.29, 1.82) is 0 Å². The van der Waals surface area contributed by atoms with Crippen molar-refractivity contribution in [1.82, 2.24) is 0 Å². The predicted octanol–water partition coefficient (Wildman–Crippen LogP) is 4.90. The van der Waals surface area contributed by atoms with E-state index in [9.17, 15) is 24.3 Å². The summed E-state index contributed by atoms with van der Waals surface area (Å²) in [7, 11) is 0. The highest BCUT2D eigenvalue weighted by Crippen LogP contribution is 2.56. The number of fused-ring (bicyclic) bond motifs is 3. The Labute approximate surface area is 221 Å². The minimum Gasteiger partial charge on any atom is -0.507 e. The van der Waals surface area contributed by atoms with Crippen LogP contribution < -0.4 is 4.90 Å². The van der Waals surface area contributed by atoms with Crippen LogP contribution in [0.5, 0.6) is 5.75 Å². The number of allylic oxidation sites excluding steroid dienone is 6. The van der Waals surface area contributed by atoms with E-state index in [0.29, 0.717) is 40.0 Å². The second-order valence-corrected chi connectivity index (χ2v) is 10.8. The van der Waals surface area contributed by atoms with E-state index >= 15 is 0 Å². The van der Waals surface area contributed by atoms with E-state index in [1.54, 1.807) is 26.0 Å². The molecular formula is C32H29NO5. The maximum atomic E-state index is 13.9. The van der Waals surface area contributed by atoms with Gasteiger partial charge < -0.3 is 5.11 Å². The van der Waals surface area contributed by atoms with E-state index < -0.39 is 23.7 Å². The maximum Gasteiger partial charge on any atom is 0.238 e. The summed E-state index contributed by atoms with van der Waals surface area (Å²) in [6.45, 7) is 5.47.